The monoisotopic (exact) mass is 527 g/mol. The summed E-state index contributed by atoms with van der Waals surface area (Å²) in [6, 6.07) is 28.3. The molecule has 38 heavy (non-hydrogen) atoms. The number of hydrogen-bond donors (Lipinski definition) is 4. The number of anilines is 2. The first-order chi connectivity index (χ1) is 18.1. The second-order valence-corrected chi connectivity index (χ2v) is 10.9. The zero-order chi connectivity index (χ0) is 27.3. The summed E-state index contributed by atoms with van der Waals surface area (Å²) in [5.74, 6) is -0.0686. The van der Waals surface area contributed by atoms with E-state index in [1.165, 1.54) is 11.3 Å². The van der Waals surface area contributed by atoms with Gasteiger partial charge in [0, 0.05) is 23.1 Å². The minimum Gasteiger partial charge on any atom is -0.384 e. The molecule has 5 N–H and O–H groups in total. The van der Waals surface area contributed by atoms with Crippen molar-refractivity contribution in [2.45, 2.75) is 18.4 Å². The van der Waals surface area contributed by atoms with Gasteiger partial charge >= 0.3 is 6.03 Å². The lowest BCUT2D eigenvalue weighted by atomic mass is 10.1. The number of nitrogens with two attached hydrogens (primary N) is 1. The number of carbonyl (C=O) groups excluding carboxylic acids is 1. The fourth-order valence-electron chi connectivity index (χ4n) is 4.02. The maximum atomic E-state index is 13.4. The highest BCUT2D eigenvalue weighted by Gasteiger charge is 2.17. The molecule has 0 unspecified atom stereocenters. The van der Waals surface area contributed by atoms with Gasteiger partial charge in [-0.25, -0.2) is 18.2 Å². The van der Waals surface area contributed by atoms with Crippen molar-refractivity contribution in [1.82, 2.24) is 5.01 Å². The summed E-state index contributed by atoms with van der Waals surface area (Å²) >= 11 is 0. The maximum Gasteiger partial charge on any atom is 0.340 e. The summed E-state index contributed by atoms with van der Waals surface area (Å²) in [6.45, 7) is 2.26. The van der Waals surface area contributed by atoms with Crippen LogP contribution in [0.5, 0.6) is 0 Å². The molecule has 0 aliphatic rings. The third-order valence-electron chi connectivity index (χ3n) is 5.84. The summed E-state index contributed by atoms with van der Waals surface area (Å²) in [7, 11) is -3.40. The Kier molecular flexibility index (Phi) is 7.78. The van der Waals surface area contributed by atoms with Gasteiger partial charge in [0.2, 0.25) is 0 Å². The molecule has 2 amide bonds. The molecule has 0 aromatic heterocycles. The summed E-state index contributed by atoms with van der Waals surface area (Å²) in [5.41, 5.74) is 13.8. The van der Waals surface area contributed by atoms with Crippen LogP contribution in [0.2, 0.25) is 0 Å². The van der Waals surface area contributed by atoms with Gasteiger partial charge < -0.3 is 11.1 Å². The highest BCUT2D eigenvalue weighted by Crippen LogP contribution is 2.28. The Morgan fingerprint density at radius 3 is 2.29 bits per heavy atom. The molecule has 0 bridgehead atoms. The molecule has 0 aliphatic carbocycles. The molecule has 0 aliphatic heterocycles. The van der Waals surface area contributed by atoms with Gasteiger partial charge in [-0.1, -0.05) is 72.3 Å². The maximum absolute atomic E-state index is 13.4. The van der Waals surface area contributed by atoms with Crippen LogP contribution in [-0.2, 0) is 16.4 Å². The molecule has 0 saturated carbocycles. The Bertz CT molecular complexity index is 1580. The minimum atomic E-state index is -3.40. The first kappa shape index (κ1) is 26.4. The van der Waals surface area contributed by atoms with Gasteiger partial charge in [-0.05, 0) is 48.4 Å². The van der Waals surface area contributed by atoms with E-state index in [1.807, 2.05) is 31.2 Å². The van der Waals surface area contributed by atoms with E-state index in [0.717, 1.165) is 16.7 Å². The summed E-state index contributed by atoms with van der Waals surface area (Å²) in [4.78, 5) is 13.6. The van der Waals surface area contributed by atoms with Crippen molar-refractivity contribution in [3.05, 3.63) is 114 Å². The van der Waals surface area contributed by atoms with Gasteiger partial charge in [0.1, 0.15) is 5.84 Å². The Balaban J connectivity index is 1.57. The third-order valence-corrected chi connectivity index (χ3v) is 6.99. The predicted molar refractivity (Wildman–Crippen MR) is 152 cm³/mol. The average Bonchev–Trinajstić information content (AvgIpc) is 2.88. The van der Waals surface area contributed by atoms with Crippen molar-refractivity contribution in [3.8, 4) is 11.1 Å². The van der Waals surface area contributed by atoms with Crippen molar-refractivity contribution in [1.29, 1.82) is 5.41 Å². The lowest BCUT2D eigenvalue weighted by molar-refractivity contribution is 0.220. The number of nitrogens with zero attached hydrogens (tertiary/aromatic N) is 1. The van der Waals surface area contributed by atoms with Gasteiger partial charge in [-0.15, -0.1) is 0 Å². The zero-order valence-electron chi connectivity index (χ0n) is 21.1. The van der Waals surface area contributed by atoms with Gasteiger partial charge in [0.05, 0.1) is 17.1 Å². The molecule has 0 fully saturated rings. The van der Waals surface area contributed by atoms with Crippen molar-refractivity contribution in [3.63, 3.8) is 0 Å². The Morgan fingerprint density at radius 1 is 0.895 bits per heavy atom. The van der Waals surface area contributed by atoms with Gasteiger partial charge in [0.15, 0.2) is 9.84 Å². The van der Waals surface area contributed by atoms with Gasteiger partial charge in [-0.3, -0.25) is 10.8 Å². The Hall–Kier alpha value is -4.63. The summed E-state index contributed by atoms with van der Waals surface area (Å²) in [5, 5.41) is 12.0. The van der Waals surface area contributed by atoms with Crippen molar-refractivity contribution >= 4 is 33.1 Å². The van der Waals surface area contributed by atoms with Crippen molar-refractivity contribution in [2.75, 3.05) is 17.0 Å². The SMILES string of the molecule is Cc1cccc(CN(Nc2cccc(C(=N)N)c2)C(=O)Nc2ccc(-c3ccccc3S(C)(=O)=O)cc2)c1. The highest BCUT2D eigenvalue weighted by atomic mass is 32.2. The van der Waals surface area contributed by atoms with Crippen LogP contribution in [0.25, 0.3) is 11.1 Å². The van der Waals surface area contributed by atoms with E-state index in [-0.39, 0.29) is 17.3 Å². The minimum absolute atomic E-state index is 0.0686. The number of aryl methyl sites for hydroxylation is 1. The fourth-order valence-corrected chi connectivity index (χ4v) is 4.93. The van der Waals surface area contributed by atoms with Crippen LogP contribution in [-0.4, -0.2) is 31.5 Å². The molecule has 0 spiro atoms. The topological polar surface area (TPSA) is 128 Å². The number of carbonyl (C=O) groups is 1. The molecular formula is C29H29N5O3S. The van der Waals surface area contributed by atoms with Gasteiger partial charge in [-0.2, -0.15) is 0 Å². The van der Waals surface area contributed by atoms with E-state index < -0.39 is 15.9 Å². The van der Waals surface area contributed by atoms with Crippen LogP contribution in [0.1, 0.15) is 16.7 Å². The van der Waals surface area contributed by atoms with Crippen molar-refractivity contribution in [2.24, 2.45) is 5.73 Å². The van der Waals surface area contributed by atoms with E-state index >= 15 is 0 Å². The molecule has 0 radical (unpaired) electrons. The lowest BCUT2D eigenvalue weighted by Crippen LogP contribution is -2.39. The second-order valence-electron chi connectivity index (χ2n) is 8.96. The molecule has 0 atom stereocenters. The average molecular weight is 528 g/mol. The molecule has 0 saturated heterocycles. The molecule has 9 heteroatoms. The number of nitrogen functional groups attached to an aromatic ring is 1. The van der Waals surface area contributed by atoms with Crippen LogP contribution in [0.15, 0.2) is 102 Å². The van der Waals surface area contributed by atoms with Crippen LogP contribution < -0.4 is 16.5 Å². The van der Waals surface area contributed by atoms with Crippen LogP contribution >= 0.6 is 0 Å². The number of sulfone groups is 1. The number of hydrogen-bond acceptors (Lipinski definition) is 5. The molecule has 4 aromatic carbocycles. The smallest absolute Gasteiger partial charge is 0.340 e. The number of nitrogens with one attached hydrogen (secondary N) is 3. The van der Waals surface area contributed by atoms with Gasteiger partial charge in [0.25, 0.3) is 0 Å². The predicted octanol–water partition coefficient (Wildman–Crippen LogP) is 5.41. The van der Waals surface area contributed by atoms with Crippen LogP contribution in [0.4, 0.5) is 16.2 Å². The largest absolute Gasteiger partial charge is 0.384 e. The summed E-state index contributed by atoms with van der Waals surface area (Å²) < 4.78 is 24.4. The molecule has 4 aromatic rings. The van der Waals surface area contributed by atoms with E-state index in [2.05, 4.69) is 10.7 Å². The number of amides is 2. The summed E-state index contributed by atoms with van der Waals surface area (Å²) in [6.07, 6.45) is 1.18. The lowest BCUT2D eigenvalue weighted by Gasteiger charge is -2.25. The molecule has 4 rings (SSSR count). The third kappa shape index (κ3) is 6.57. The van der Waals surface area contributed by atoms with Crippen molar-refractivity contribution < 1.29 is 13.2 Å². The van der Waals surface area contributed by atoms with E-state index in [1.54, 1.807) is 72.8 Å². The Morgan fingerprint density at radius 2 is 1.61 bits per heavy atom. The standard InChI is InChI=1S/C29H29N5O3S/c1-20-7-5-8-21(17-20)19-34(33-25-10-6-9-23(18-25)28(30)31)29(35)32-24-15-13-22(14-16-24)26-11-3-4-12-27(26)38(2,36)37/h3-18,33H,19H2,1-2H3,(H3,30,31)(H,32,35). The fraction of sp³-hybridized carbons (Fsp3) is 0.103. The second kappa shape index (κ2) is 11.2. The highest BCUT2D eigenvalue weighted by molar-refractivity contribution is 7.90. The van der Waals surface area contributed by atoms with E-state index in [0.29, 0.717) is 22.5 Å². The number of urea groups is 1. The van der Waals surface area contributed by atoms with E-state index in [9.17, 15) is 13.2 Å². The zero-order valence-corrected chi connectivity index (χ0v) is 21.9. The quantitative estimate of drug-likeness (QED) is 0.138. The molecule has 194 valence electrons. The molecule has 8 nitrogen and oxygen atoms in total. The molecular weight excluding hydrogens is 498 g/mol. The normalized spacial score (nSPS) is 11.0. The number of hydrazine groups is 1. The first-order valence-corrected chi connectivity index (χ1v) is 13.7. The first-order valence-electron chi connectivity index (χ1n) is 11.8. The van der Waals surface area contributed by atoms with E-state index in [4.69, 9.17) is 11.1 Å². The van der Waals surface area contributed by atoms with Crippen LogP contribution in [0.3, 0.4) is 0 Å². The number of benzene rings is 4. The van der Waals surface area contributed by atoms with Crippen LogP contribution in [0, 0.1) is 12.3 Å². The number of amidine groups is 1. The molecule has 0 heterocycles. The Labute approximate surface area is 222 Å². The number of rotatable bonds is 8.